The molecule has 10 nitrogen and oxygen atoms in total. The summed E-state index contributed by atoms with van der Waals surface area (Å²) in [6, 6.07) is -3.37. The monoisotopic (exact) mass is 363 g/mol. The molecule has 3 atom stereocenters. The molecule has 0 unspecified atom stereocenters. The van der Waals surface area contributed by atoms with Crippen molar-refractivity contribution in [3.05, 3.63) is 0 Å². The molecule has 0 spiro atoms. The highest BCUT2D eigenvalue weighted by Crippen LogP contribution is 2.03. The van der Waals surface area contributed by atoms with Gasteiger partial charge in [0, 0.05) is 5.75 Å². The number of amides is 3. The number of carboxylic acid groups (broad SMARTS) is 1. The van der Waals surface area contributed by atoms with Crippen molar-refractivity contribution in [3.63, 3.8) is 0 Å². The highest BCUT2D eigenvalue weighted by atomic mass is 32.1. The molecule has 0 aromatic carbocycles. The van der Waals surface area contributed by atoms with Crippen LogP contribution in [-0.2, 0) is 19.2 Å². The van der Waals surface area contributed by atoms with E-state index in [1.54, 1.807) is 0 Å². The van der Waals surface area contributed by atoms with Crippen LogP contribution in [0, 0.1) is 0 Å². The molecule has 0 saturated carbocycles. The molecule has 0 aliphatic rings. The maximum absolute atomic E-state index is 12.2. The summed E-state index contributed by atoms with van der Waals surface area (Å²) in [5.41, 5.74) is 15.9. The van der Waals surface area contributed by atoms with Gasteiger partial charge in [0.1, 0.15) is 12.1 Å². The second-order valence-electron chi connectivity index (χ2n) is 5.20. The standard InChI is InChI=1S/C13H25N5O5S/c14-4-2-1-3-8(17-11(20)7(15)6-24)12(21)18-9(13(22)23)5-10(16)19/h7-9,24H,1-6,14-15H2,(H2,16,19)(H,17,20)(H,18,21)(H,22,23)/t7-,8-,9-/m0/s1. The van der Waals surface area contributed by atoms with Gasteiger partial charge in [0.2, 0.25) is 17.7 Å². The topological polar surface area (TPSA) is 191 Å². The summed E-state index contributed by atoms with van der Waals surface area (Å²) in [5.74, 6) is -3.51. The van der Waals surface area contributed by atoms with Gasteiger partial charge in [-0.05, 0) is 25.8 Å². The molecular formula is C13H25N5O5S. The van der Waals surface area contributed by atoms with E-state index in [1.165, 1.54) is 0 Å². The molecule has 0 saturated heterocycles. The van der Waals surface area contributed by atoms with Crippen LogP contribution in [-0.4, -0.2) is 59.2 Å². The number of nitrogens with two attached hydrogens (primary N) is 3. The van der Waals surface area contributed by atoms with Crippen molar-refractivity contribution < 1.29 is 24.3 Å². The number of hydrogen-bond acceptors (Lipinski definition) is 7. The average Bonchev–Trinajstić information content (AvgIpc) is 2.51. The quantitative estimate of drug-likeness (QED) is 0.145. The molecule has 0 fully saturated rings. The van der Waals surface area contributed by atoms with E-state index in [4.69, 9.17) is 22.3 Å². The molecule has 9 N–H and O–H groups in total. The summed E-state index contributed by atoms with van der Waals surface area (Å²) in [6.07, 6.45) is 0.859. The van der Waals surface area contributed by atoms with Gasteiger partial charge in [-0.3, -0.25) is 14.4 Å². The number of carbonyl (C=O) groups excluding carboxylic acids is 3. The lowest BCUT2D eigenvalue weighted by molar-refractivity contribution is -0.143. The van der Waals surface area contributed by atoms with Crippen molar-refractivity contribution >= 4 is 36.3 Å². The zero-order valence-corrected chi connectivity index (χ0v) is 14.1. The molecule has 0 aromatic rings. The Balaban J connectivity index is 4.95. The van der Waals surface area contributed by atoms with Gasteiger partial charge >= 0.3 is 5.97 Å². The first-order valence-electron chi connectivity index (χ1n) is 7.41. The number of hydrogen-bond donors (Lipinski definition) is 7. The van der Waals surface area contributed by atoms with E-state index in [1.807, 2.05) is 0 Å². The first-order valence-corrected chi connectivity index (χ1v) is 8.04. The maximum atomic E-state index is 12.2. The SMILES string of the molecule is NCCCC[C@H](NC(=O)[C@@H](N)CS)C(=O)N[C@@H](CC(N)=O)C(=O)O. The van der Waals surface area contributed by atoms with Gasteiger partial charge in [-0.15, -0.1) is 0 Å². The predicted octanol–water partition coefficient (Wildman–Crippen LogP) is -2.70. The van der Waals surface area contributed by atoms with Crippen LogP contribution < -0.4 is 27.8 Å². The minimum absolute atomic E-state index is 0.0857. The summed E-state index contributed by atoms with van der Waals surface area (Å²) >= 11 is 3.90. The zero-order chi connectivity index (χ0) is 18.7. The number of nitrogens with one attached hydrogen (secondary N) is 2. The number of carboxylic acids is 1. The molecule has 0 rings (SSSR count). The van der Waals surface area contributed by atoms with Gasteiger partial charge < -0.3 is 32.9 Å². The highest BCUT2D eigenvalue weighted by molar-refractivity contribution is 7.80. The van der Waals surface area contributed by atoms with Gasteiger partial charge in [0.25, 0.3) is 0 Å². The zero-order valence-electron chi connectivity index (χ0n) is 13.2. The van der Waals surface area contributed by atoms with Crippen LogP contribution in [0.5, 0.6) is 0 Å². The summed E-state index contributed by atoms with van der Waals surface area (Å²) in [6.45, 7) is 0.415. The van der Waals surface area contributed by atoms with Crippen LogP contribution in [0.15, 0.2) is 0 Å². The number of thiol groups is 1. The van der Waals surface area contributed by atoms with Gasteiger partial charge in [0.15, 0.2) is 0 Å². The smallest absolute Gasteiger partial charge is 0.326 e. The van der Waals surface area contributed by atoms with Crippen LogP contribution in [0.25, 0.3) is 0 Å². The predicted molar refractivity (Wildman–Crippen MR) is 90.0 cm³/mol. The Morgan fingerprint density at radius 2 is 1.62 bits per heavy atom. The average molecular weight is 363 g/mol. The van der Waals surface area contributed by atoms with Gasteiger partial charge in [-0.25, -0.2) is 4.79 Å². The van der Waals surface area contributed by atoms with Gasteiger partial charge in [-0.2, -0.15) is 12.6 Å². The fourth-order valence-corrected chi connectivity index (χ4v) is 1.96. The second-order valence-corrected chi connectivity index (χ2v) is 5.57. The van der Waals surface area contributed by atoms with Crippen molar-refractivity contribution in [1.82, 2.24) is 10.6 Å². The Bertz CT molecular complexity index is 462. The van der Waals surface area contributed by atoms with Crippen molar-refractivity contribution in [2.45, 2.75) is 43.8 Å². The molecule has 0 aliphatic heterocycles. The van der Waals surface area contributed by atoms with E-state index < -0.39 is 48.2 Å². The lowest BCUT2D eigenvalue weighted by Gasteiger charge is -2.22. The minimum atomic E-state index is -1.47. The van der Waals surface area contributed by atoms with E-state index in [-0.39, 0.29) is 12.2 Å². The van der Waals surface area contributed by atoms with Gasteiger partial charge in [-0.1, -0.05) is 0 Å². The Morgan fingerprint density at radius 3 is 2.08 bits per heavy atom. The molecular weight excluding hydrogens is 338 g/mol. The highest BCUT2D eigenvalue weighted by Gasteiger charge is 2.28. The number of rotatable bonds is 12. The third-order valence-electron chi connectivity index (χ3n) is 3.13. The van der Waals surface area contributed by atoms with Crippen LogP contribution in [0.4, 0.5) is 0 Å². The summed E-state index contributed by atoms with van der Waals surface area (Å²) in [7, 11) is 0. The largest absolute Gasteiger partial charge is 0.480 e. The van der Waals surface area contributed by atoms with Crippen LogP contribution >= 0.6 is 12.6 Å². The molecule has 3 amide bonds. The molecule has 0 heterocycles. The van der Waals surface area contributed by atoms with E-state index in [0.717, 1.165) is 0 Å². The second kappa shape index (κ2) is 11.6. The summed E-state index contributed by atoms with van der Waals surface area (Å²) in [4.78, 5) is 46.0. The van der Waals surface area contributed by atoms with Crippen molar-refractivity contribution in [1.29, 1.82) is 0 Å². The normalized spacial score (nSPS) is 14.3. The van der Waals surface area contributed by atoms with Crippen molar-refractivity contribution in [2.75, 3.05) is 12.3 Å². The molecule has 0 radical (unpaired) electrons. The lowest BCUT2D eigenvalue weighted by atomic mass is 10.1. The first kappa shape index (κ1) is 22.1. The Morgan fingerprint density at radius 1 is 1.04 bits per heavy atom. The Kier molecular flexibility index (Phi) is 10.8. The van der Waals surface area contributed by atoms with Crippen molar-refractivity contribution in [2.24, 2.45) is 17.2 Å². The first-order chi connectivity index (χ1) is 11.2. The van der Waals surface area contributed by atoms with E-state index >= 15 is 0 Å². The fourth-order valence-electron chi connectivity index (χ4n) is 1.80. The summed E-state index contributed by atoms with van der Waals surface area (Å²) < 4.78 is 0. The van der Waals surface area contributed by atoms with Crippen LogP contribution in [0.2, 0.25) is 0 Å². The van der Waals surface area contributed by atoms with E-state index in [0.29, 0.717) is 19.4 Å². The number of primary amides is 1. The molecule has 24 heavy (non-hydrogen) atoms. The van der Waals surface area contributed by atoms with E-state index in [2.05, 4.69) is 23.3 Å². The molecule has 0 bridgehead atoms. The number of unbranched alkanes of at least 4 members (excludes halogenated alkanes) is 1. The fraction of sp³-hybridized carbons (Fsp3) is 0.692. The molecule has 0 aliphatic carbocycles. The third kappa shape index (κ3) is 8.70. The lowest BCUT2D eigenvalue weighted by Crippen LogP contribution is -2.55. The van der Waals surface area contributed by atoms with Gasteiger partial charge in [0.05, 0.1) is 12.5 Å². The van der Waals surface area contributed by atoms with Crippen molar-refractivity contribution in [3.8, 4) is 0 Å². The number of aliphatic carboxylic acids is 1. The number of carbonyl (C=O) groups is 4. The molecule has 11 heteroatoms. The molecule has 0 aromatic heterocycles. The Hall–Kier alpha value is -1.85. The third-order valence-corrected chi connectivity index (χ3v) is 3.53. The maximum Gasteiger partial charge on any atom is 0.326 e. The molecule has 138 valence electrons. The van der Waals surface area contributed by atoms with Crippen LogP contribution in [0.3, 0.4) is 0 Å². The Labute approximate surface area is 145 Å². The summed E-state index contributed by atoms with van der Waals surface area (Å²) in [5, 5.41) is 13.7. The van der Waals surface area contributed by atoms with E-state index in [9.17, 15) is 19.2 Å². The van der Waals surface area contributed by atoms with Crippen LogP contribution in [0.1, 0.15) is 25.7 Å². The minimum Gasteiger partial charge on any atom is -0.480 e.